The quantitative estimate of drug-likeness (QED) is 0.652. The van der Waals surface area contributed by atoms with E-state index in [4.69, 9.17) is 4.42 Å². The molecule has 2 N–H and O–H groups in total. The number of hydrogen-bond acceptors (Lipinski definition) is 6. The molecule has 0 spiro atoms. The lowest BCUT2D eigenvalue weighted by molar-refractivity contribution is -0.122. The first-order chi connectivity index (χ1) is 13.1. The Hall–Kier alpha value is -2.91. The Morgan fingerprint density at radius 2 is 2.30 bits per heavy atom. The first-order valence-corrected chi connectivity index (χ1v) is 8.84. The van der Waals surface area contributed by atoms with Gasteiger partial charge in [0.05, 0.1) is 43.0 Å². The van der Waals surface area contributed by atoms with Crippen LogP contribution < -0.4 is 5.32 Å². The van der Waals surface area contributed by atoms with E-state index in [0.29, 0.717) is 37.6 Å². The van der Waals surface area contributed by atoms with E-state index in [1.54, 1.807) is 36.3 Å². The Morgan fingerprint density at radius 3 is 3.04 bits per heavy atom. The van der Waals surface area contributed by atoms with Gasteiger partial charge in [0.25, 0.3) is 0 Å². The number of aromatic nitrogens is 4. The Morgan fingerprint density at radius 1 is 1.41 bits per heavy atom. The third kappa shape index (κ3) is 3.79. The van der Waals surface area contributed by atoms with Crippen LogP contribution in [0.5, 0.6) is 0 Å². The van der Waals surface area contributed by atoms with Crippen LogP contribution in [0, 0.1) is 0 Å². The fraction of sp³-hybridized carbons (Fsp3) is 0.389. The van der Waals surface area contributed by atoms with Crippen molar-refractivity contribution < 1.29 is 14.3 Å². The van der Waals surface area contributed by atoms with Crippen molar-refractivity contribution in [3.8, 4) is 0 Å². The summed E-state index contributed by atoms with van der Waals surface area (Å²) in [5.41, 5.74) is 2.27. The molecule has 3 aromatic rings. The van der Waals surface area contributed by atoms with Gasteiger partial charge >= 0.3 is 0 Å². The maximum atomic E-state index is 12.2. The van der Waals surface area contributed by atoms with Crippen LogP contribution in [0.2, 0.25) is 0 Å². The molecule has 0 radical (unpaired) electrons. The Labute approximate surface area is 156 Å². The van der Waals surface area contributed by atoms with Crippen LogP contribution in [0.25, 0.3) is 0 Å². The van der Waals surface area contributed by atoms with Crippen LogP contribution in [-0.4, -0.2) is 48.6 Å². The van der Waals surface area contributed by atoms with Gasteiger partial charge in [-0.2, -0.15) is 10.2 Å². The maximum absolute atomic E-state index is 12.2. The van der Waals surface area contributed by atoms with Crippen LogP contribution >= 0.6 is 0 Å². The molecule has 9 heteroatoms. The lowest BCUT2D eigenvalue weighted by Crippen LogP contribution is -2.41. The molecular formula is C18H22N6O3. The molecule has 1 amide bonds. The van der Waals surface area contributed by atoms with Crippen LogP contribution in [0.4, 0.5) is 0 Å². The highest BCUT2D eigenvalue weighted by Gasteiger charge is 2.24. The third-order valence-electron chi connectivity index (χ3n) is 4.72. The van der Waals surface area contributed by atoms with E-state index in [0.717, 1.165) is 18.0 Å². The summed E-state index contributed by atoms with van der Waals surface area (Å²) in [5, 5.41) is 22.0. The van der Waals surface area contributed by atoms with E-state index in [9.17, 15) is 9.90 Å². The van der Waals surface area contributed by atoms with Crippen molar-refractivity contribution in [2.24, 2.45) is 7.05 Å². The van der Waals surface area contributed by atoms with E-state index in [1.807, 2.05) is 16.8 Å². The van der Waals surface area contributed by atoms with Crippen molar-refractivity contribution in [2.45, 2.75) is 25.7 Å². The van der Waals surface area contributed by atoms with Gasteiger partial charge in [-0.15, -0.1) is 0 Å². The fourth-order valence-electron chi connectivity index (χ4n) is 3.27. The number of carbonyl (C=O) groups excluding carboxylic acids is 1. The van der Waals surface area contributed by atoms with Crippen LogP contribution in [-0.2, 0) is 31.5 Å². The number of rotatable bonds is 6. The highest BCUT2D eigenvalue weighted by Crippen LogP contribution is 2.23. The molecule has 4 heterocycles. The fourth-order valence-corrected chi connectivity index (χ4v) is 3.27. The molecule has 1 aliphatic rings. The Kier molecular flexibility index (Phi) is 4.78. The molecular weight excluding hydrogens is 348 g/mol. The minimum Gasteiger partial charge on any atom is -0.467 e. The van der Waals surface area contributed by atoms with E-state index >= 15 is 0 Å². The molecule has 0 unspecified atom stereocenters. The average Bonchev–Trinajstić information content (AvgIpc) is 3.39. The molecule has 0 saturated carbocycles. The molecule has 27 heavy (non-hydrogen) atoms. The van der Waals surface area contributed by atoms with Gasteiger partial charge in [0, 0.05) is 26.3 Å². The SMILES string of the molecule is Cn1nccc1[C@@H](O)c1cc2n(n1)CCN(CC(=O)NCc1ccco1)C2. The zero-order valence-electron chi connectivity index (χ0n) is 15.1. The summed E-state index contributed by atoms with van der Waals surface area (Å²) in [6.45, 7) is 2.71. The number of aryl methyl sites for hydroxylation is 1. The number of aliphatic hydroxyl groups is 1. The van der Waals surface area contributed by atoms with Gasteiger partial charge in [-0.05, 0) is 24.3 Å². The van der Waals surface area contributed by atoms with E-state index in [2.05, 4.69) is 20.4 Å². The van der Waals surface area contributed by atoms with Gasteiger partial charge in [-0.3, -0.25) is 19.1 Å². The lowest BCUT2D eigenvalue weighted by atomic mass is 10.1. The molecule has 1 aliphatic heterocycles. The minimum absolute atomic E-state index is 0.0468. The summed E-state index contributed by atoms with van der Waals surface area (Å²) in [6.07, 6.45) is 2.42. The largest absolute Gasteiger partial charge is 0.467 e. The molecule has 142 valence electrons. The normalized spacial score (nSPS) is 15.5. The highest BCUT2D eigenvalue weighted by atomic mass is 16.3. The van der Waals surface area contributed by atoms with Crippen LogP contribution in [0.3, 0.4) is 0 Å². The van der Waals surface area contributed by atoms with E-state index in [1.165, 1.54) is 0 Å². The number of carbonyl (C=O) groups is 1. The molecule has 0 bridgehead atoms. The number of fused-ring (bicyclic) bond motifs is 1. The Bertz CT molecular complexity index is 914. The predicted octanol–water partition coefficient (Wildman–Crippen LogP) is 0.423. The first-order valence-electron chi connectivity index (χ1n) is 8.84. The zero-order valence-corrected chi connectivity index (χ0v) is 15.1. The van der Waals surface area contributed by atoms with Gasteiger partial charge < -0.3 is 14.8 Å². The lowest BCUT2D eigenvalue weighted by Gasteiger charge is -2.26. The van der Waals surface area contributed by atoms with Gasteiger partial charge in [-0.25, -0.2) is 0 Å². The molecule has 3 aromatic heterocycles. The predicted molar refractivity (Wildman–Crippen MR) is 95.3 cm³/mol. The zero-order chi connectivity index (χ0) is 18.8. The summed E-state index contributed by atoms with van der Waals surface area (Å²) in [5.74, 6) is 0.684. The number of nitrogens with one attached hydrogen (secondary N) is 1. The minimum atomic E-state index is -0.819. The van der Waals surface area contributed by atoms with Crippen molar-refractivity contribution in [1.82, 2.24) is 29.8 Å². The van der Waals surface area contributed by atoms with Crippen molar-refractivity contribution >= 4 is 5.91 Å². The second-order valence-electron chi connectivity index (χ2n) is 6.63. The molecule has 0 saturated heterocycles. The van der Waals surface area contributed by atoms with Gasteiger partial charge in [0.2, 0.25) is 5.91 Å². The van der Waals surface area contributed by atoms with Crippen molar-refractivity contribution in [3.63, 3.8) is 0 Å². The third-order valence-corrected chi connectivity index (χ3v) is 4.72. The van der Waals surface area contributed by atoms with E-state index < -0.39 is 6.10 Å². The molecule has 4 rings (SSSR count). The average molecular weight is 370 g/mol. The summed E-state index contributed by atoms with van der Waals surface area (Å²) in [7, 11) is 1.79. The topological polar surface area (TPSA) is 101 Å². The monoisotopic (exact) mass is 370 g/mol. The standard InChI is InChI=1S/C18H22N6O3/c1-22-16(4-5-20-22)18(26)15-9-13-11-23(6-7-24(13)21-15)12-17(25)19-10-14-3-2-8-27-14/h2-5,8-9,18,26H,6-7,10-12H2,1H3,(H,19,25)/t18-/m0/s1. The van der Waals surface area contributed by atoms with Gasteiger partial charge in [0.15, 0.2) is 0 Å². The number of aliphatic hydroxyl groups excluding tert-OH is 1. The second-order valence-corrected chi connectivity index (χ2v) is 6.63. The summed E-state index contributed by atoms with van der Waals surface area (Å²) in [4.78, 5) is 14.2. The van der Waals surface area contributed by atoms with Crippen LogP contribution in [0.15, 0.2) is 41.1 Å². The summed E-state index contributed by atoms with van der Waals surface area (Å²) < 4.78 is 8.75. The van der Waals surface area contributed by atoms with Crippen LogP contribution in [0.1, 0.15) is 28.9 Å². The highest BCUT2D eigenvalue weighted by molar-refractivity contribution is 5.77. The molecule has 0 aromatic carbocycles. The summed E-state index contributed by atoms with van der Waals surface area (Å²) in [6, 6.07) is 7.29. The van der Waals surface area contributed by atoms with Crippen molar-refractivity contribution in [1.29, 1.82) is 0 Å². The van der Waals surface area contributed by atoms with Crippen molar-refractivity contribution in [3.05, 3.63) is 59.6 Å². The number of nitrogens with zero attached hydrogens (tertiary/aromatic N) is 5. The van der Waals surface area contributed by atoms with Gasteiger partial charge in [-0.1, -0.05) is 0 Å². The van der Waals surface area contributed by atoms with E-state index in [-0.39, 0.29) is 5.91 Å². The number of amides is 1. The molecule has 0 fully saturated rings. The first kappa shape index (κ1) is 17.5. The number of furan rings is 1. The molecule has 0 aliphatic carbocycles. The second kappa shape index (κ2) is 7.37. The number of hydrogen-bond donors (Lipinski definition) is 2. The van der Waals surface area contributed by atoms with Gasteiger partial charge in [0.1, 0.15) is 11.9 Å². The van der Waals surface area contributed by atoms with Crippen molar-refractivity contribution in [2.75, 3.05) is 13.1 Å². The molecule has 9 nitrogen and oxygen atoms in total. The Balaban J connectivity index is 1.36. The molecule has 1 atom stereocenters. The smallest absolute Gasteiger partial charge is 0.234 e. The maximum Gasteiger partial charge on any atom is 0.234 e. The summed E-state index contributed by atoms with van der Waals surface area (Å²) >= 11 is 0.